The van der Waals surface area contributed by atoms with Gasteiger partial charge in [-0.25, -0.2) is 0 Å². The predicted molar refractivity (Wildman–Crippen MR) is 79.5 cm³/mol. The van der Waals surface area contributed by atoms with Gasteiger partial charge in [-0.15, -0.1) is 0 Å². The zero-order valence-corrected chi connectivity index (χ0v) is 10.9. The van der Waals surface area contributed by atoms with Gasteiger partial charge in [0.2, 0.25) is 0 Å². The number of rotatable bonds is 3. The molecule has 0 bridgehead atoms. The molecule has 2 N–H and O–H groups in total. The summed E-state index contributed by atoms with van der Waals surface area (Å²) in [5, 5.41) is 1.03. The van der Waals surface area contributed by atoms with Crippen LogP contribution in [0.5, 0.6) is 0 Å². The van der Waals surface area contributed by atoms with Gasteiger partial charge in [-0.05, 0) is 17.7 Å². The van der Waals surface area contributed by atoms with Crippen LogP contribution in [-0.2, 0) is 6.54 Å². The van der Waals surface area contributed by atoms with Crippen molar-refractivity contribution >= 4 is 16.7 Å². The number of carbonyl (C=O) groups is 1. The van der Waals surface area contributed by atoms with E-state index in [1.165, 1.54) is 0 Å². The summed E-state index contributed by atoms with van der Waals surface area (Å²) in [6.45, 7) is 0.481. The van der Waals surface area contributed by atoms with E-state index in [0.717, 1.165) is 16.5 Å². The highest BCUT2D eigenvalue weighted by Gasteiger charge is 2.09. The average molecular weight is 262 g/mol. The van der Waals surface area contributed by atoms with Crippen molar-refractivity contribution in [2.75, 3.05) is 0 Å². The fourth-order valence-corrected chi connectivity index (χ4v) is 2.17. The number of fused-ring (bicyclic) bond motifs is 1. The Morgan fingerprint density at radius 2 is 1.75 bits per heavy atom. The van der Waals surface area contributed by atoms with E-state index in [4.69, 9.17) is 5.73 Å². The normalized spacial score (nSPS) is 10.7. The van der Waals surface area contributed by atoms with Crippen molar-refractivity contribution < 1.29 is 4.79 Å². The highest BCUT2D eigenvalue weighted by atomic mass is 16.1. The Bertz CT molecular complexity index is 763. The lowest BCUT2D eigenvalue weighted by atomic mass is 10.0. The summed E-state index contributed by atoms with van der Waals surface area (Å²) < 4.78 is 0. The lowest BCUT2D eigenvalue weighted by Crippen LogP contribution is -2.02. The molecule has 0 saturated carbocycles. The second-order valence-electron chi connectivity index (χ2n) is 4.64. The first-order valence-electron chi connectivity index (χ1n) is 6.46. The molecule has 0 aliphatic rings. The Morgan fingerprint density at radius 1 is 1.00 bits per heavy atom. The van der Waals surface area contributed by atoms with Gasteiger partial charge in [0.1, 0.15) is 0 Å². The van der Waals surface area contributed by atoms with Crippen LogP contribution in [0.25, 0.3) is 10.9 Å². The number of carbonyl (C=O) groups excluding carboxylic acids is 1. The third kappa shape index (κ3) is 2.31. The summed E-state index contributed by atoms with van der Waals surface area (Å²) in [6, 6.07) is 16.8. The van der Waals surface area contributed by atoms with E-state index in [-0.39, 0.29) is 5.78 Å². The van der Waals surface area contributed by atoms with Crippen LogP contribution in [0.4, 0.5) is 0 Å². The average Bonchev–Trinajstić information content (AvgIpc) is 2.54. The Labute approximate surface area is 117 Å². The SMILES string of the molecule is NCc1ccc(C(=O)c2ccc3cccnc3c2)cc1. The lowest BCUT2D eigenvalue weighted by Gasteiger charge is -2.04. The molecular weight excluding hydrogens is 248 g/mol. The smallest absolute Gasteiger partial charge is 0.193 e. The van der Waals surface area contributed by atoms with Crippen LogP contribution >= 0.6 is 0 Å². The number of aromatic nitrogens is 1. The molecule has 0 spiro atoms. The van der Waals surface area contributed by atoms with E-state index < -0.39 is 0 Å². The summed E-state index contributed by atoms with van der Waals surface area (Å²) in [7, 11) is 0. The largest absolute Gasteiger partial charge is 0.326 e. The molecule has 0 saturated heterocycles. The Morgan fingerprint density at radius 3 is 2.50 bits per heavy atom. The first-order chi connectivity index (χ1) is 9.78. The van der Waals surface area contributed by atoms with Crippen molar-refractivity contribution in [3.05, 3.63) is 77.5 Å². The van der Waals surface area contributed by atoms with Crippen molar-refractivity contribution in [2.45, 2.75) is 6.54 Å². The van der Waals surface area contributed by atoms with Crippen LogP contribution in [0.3, 0.4) is 0 Å². The maximum Gasteiger partial charge on any atom is 0.193 e. The highest BCUT2D eigenvalue weighted by Crippen LogP contribution is 2.16. The second kappa shape index (κ2) is 5.23. The molecule has 3 nitrogen and oxygen atoms in total. The van der Waals surface area contributed by atoms with Gasteiger partial charge in [0.05, 0.1) is 5.52 Å². The molecule has 20 heavy (non-hydrogen) atoms. The van der Waals surface area contributed by atoms with E-state index >= 15 is 0 Å². The molecule has 0 aliphatic heterocycles. The number of ketones is 1. The Kier molecular flexibility index (Phi) is 3.27. The fraction of sp³-hybridized carbons (Fsp3) is 0.0588. The van der Waals surface area contributed by atoms with Gasteiger partial charge in [0.25, 0.3) is 0 Å². The van der Waals surface area contributed by atoms with E-state index in [2.05, 4.69) is 4.98 Å². The molecule has 2 aromatic carbocycles. The summed E-state index contributed by atoms with van der Waals surface area (Å²) in [6.07, 6.45) is 1.73. The van der Waals surface area contributed by atoms with E-state index in [1.807, 2.05) is 54.6 Å². The van der Waals surface area contributed by atoms with Crippen molar-refractivity contribution in [1.29, 1.82) is 0 Å². The first-order valence-corrected chi connectivity index (χ1v) is 6.46. The second-order valence-corrected chi connectivity index (χ2v) is 4.64. The van der Waals surface area contributed by atoms with Crippen molar-refractivity contribution in [1.82, 2.24) is 4.98 Å². The summed E-state index contributed by atoms with van der Waals surface area (Å²) in [5.74, 6) is 0.00104. The summed E-state index contributed by atoms with van der Waals surface area (Å²) in [5.41, 5.74) is 8.72. The maximum atomic E-state index is 12.4. The van der Waals surface area contributed by atoms with Crippen molar-refractivity contribution in [2.24, 2.45) is 5.73 Å². The zero-order chi connectivity index (χ0) is 13.9. The van der Waals surface area contributed by atoms with Gasteiger partial charge in [-0.2, -0.15) is 0 Å². The molecule has 1 heterocycles. The molecule has 0 fully saturated rings. The molecular formula is C17H14N2O. The maximum absolute atomic E-state index is 12.4. The molecule has 0 radical (unpaired) electrons. The lowest BCUT2D eigenvalue weighted by molar-refractivity contribution is 0.103. The van der Waals surface area contributed by atoms with E-state index in [1.54, 1.807) is 6.20 Å². The van der Waals surface area contributed by atoms with Crippen LogP contribution in [0.1, 0.15) is 21.5 Å². The standard InChI is InChI=1S/C17H14N2O/c18-11-12-3-5-14(6-4-12)17(20)15-8-7-13-2-1-9-19-16(13)10-15/h1-10H,11,18H2. The van der Waals surface area contributed by atoms with Gasteiger partial charge < -0.3 is 5.73 Å². The molecule has 3 aromatic rings. The monoisotopic (exact) mass is 262 g/mol. The Balaban J connectivity index is 1.98. The predicted octanol–water partition coefficient (Wildman–Crippen LogP) is 2.92. The first kappa shape index (κ1) is 12.5. The minimum Gasteiger partial charge on any atom is -0.326 e. The van der Waals surface area contributed by atoms with Crippen LogP contribution < -0.4 is 5.73 Å². The van der Waals surface area contributed by atoms with Crippen molar-refractivity contribution in [3.8, 4) is 0 Å². The molecule has 98 valence electrons. The van der Waals surface area contributed by atoms with Crippen LogP contribution in [-0.4, -0.2) is 10.8 Å². The highest BCUT2D eigenvalue weighted by molar-refractivity contribution is 6.10. The van der Waals surface area contributed by atoms with Gasteiger partial charge in [0.15, 0.2) is 5.78 Å². The number of pyridine rings is 1. The van der Waals surface area contributed by atoms with Gasteiger partial charge in [-0.3, -0.25) is 9.78 Å². The van der Waals surface area contributed by atoms with Gasteiger partial charge >= 0.3 is 0 Å². The fourth-order valence-electron chi connectivity index (χ4n) is 2.17. The van der Waals surface area contributed by atoms with Gasteiger partial charge in [0, 0.05) is 29.3 Å². The summed E-state index contributed by atoms with van der Waals surface area (Å²) in [4.78, 5) is 16.7. The number of hydrogen-bond acceptors (Lipinski definition) is 3. The number of nitrogens with two attached hydrogens (primary N) is 1. The van der Waals surface area contributed by atoms with Crippen LogP contribution in [0.15, 0.2) is 60.8 Å². The van der Waals surface area contributed by atoms with Crippen LogP contribution in [0, 0.1) is 0 Å². The Hall–Kier alpha value is -2.52. The third-order valence-electron chi connectivity index (χ3n) is 3.32. The zero-order valence-electron chi connectivity index (χ0n) is 10.9. The molecule has 0 atom stereocenters. The number of nitrogens with zero attached hydrogens (tertiary/aromatic N) is 1. The molecule has 1 aromatic heterocycles. The van der Waals surface area contributed by atoms with E-state index in [0.29, 0.717) is 17.7 Å². The molecule has 3 heteroatoms. The number of hydrogen-bond donors (Lipinski definition) is 1. The molecule has 0 unspecified atom stereocenters. The number of benzene rings is 2. The van der Waals surface area contributed by atoms with Crippen molar-refractivity contribution in [3.63, 3.8) is 0 Å². The summed E-state index contributed by atoms with van der Waals surface area (Å²) >= 11 is 0. The molecule has 0 amide bonds. The van der Waals surface area contributed by atoms with Crippen LogP contribution in [0.2, 0.25) is 0 Å². The minimum atomic E-state index is 0.00104. The third-order valence-corrected chi connectivity index (χ3v) is 3.32. The minimum absolute atomic E-state index is 0.00104. The van der Waals surface area contributed by atoms with Gasteiger partial charge in [-0.1, -0.05) is 42.5 Å². The topological polar surface area (TPSA) is 56.0 Å². The van der Waals surface area contributed by atoms with E-state index in [9.17, 15) is 4.79 Å². The molecule has 3 rings (SSSR count). The quantitative estimate of drug-likeness (QED) is 0.738. The molecule has 0 aliphatic carbocycles.